The van der Waals surface area contributed by atoms with Crippen molar-refractivity contribution in [1.82, 2.24) is 4.90 Å². The van der Waals surface area contributed by atoms with Crippen LogP contribution >= 0.6 is 15.9 Å². The molecule has 1 aliphatic heterocycles. The summed E-state index contributed by atoms with van der Waals surface area (Å²) < 4.78 is 1.11. The average molecular weight is 340 g/mol. The number of aliphatic carboxylic acids is 1. The van der Waals surface area contributed by atoms with Gasteiger partial charge in [0.1, 0.15) is 0 Å². The Morgan fingerprint density at radius 2 is 2.20 bits per heavy atom. The maximum atomic E-state index is 11.6. The van der Waals surface area contributed by atoms with Crippen LogP contribution in [0.5, 0.6) is 0 Å². The van der Waals surface area contributed by atoms with Gasteiger partial charge in [0.25, 0.3) is 0 Å². The number of hydrogen-bond acceptors (Lipinski definition) is 2. The summed E-state index contributed by atoms with van der Waals surface area (Å²) in [7, 11) is 0. The fourth-order valence-electron chi connectivity index (χ4n) is 2.94. The quantitative estimate of drug-likeness (QED) is 0.909. The molecule has 1 fully saturated rings. The van der Waals surface area contributed by atoms with Crippen LogP contribution in [0.15, 0.2) is 22.7 Å². The summed E-state index contributed by atoms with van der Waals surface area (Å²) in [6.45, 7) is 8.42. The van der Waals surface area contributed by atoms with Gasteiger partial charge in [-0.25, -0.2) is 0 Å². The van der Waals surface area contributed by atoms with Gasteiger partial charge in [0.05, 0.1) is 5.41 Å². The minimum atomic E-state index is -0.653. The van der Waals surface area contributed by atoms with Crippen molar-refractivity contribution < 1.29 is 9.90 Å². The van der Waals surface area contributed by atoms with Gasteiger partial charge in [-0.15, -0.1) is 0 Å². The monoisotopic (exact) mass is 339 g/mol. The van der Waals surface area contributed by atoms with E-state index in [1.54, 1.807) is 0 Å². The predicted molar refractivity (Wildman–Crippen MR) is 83.7 cm³/mol. The first kappa shape index (κ1) is 15.5. The molecule has 110 valence electrons. The molecule has 0 saturated carbocycles. The van der Waals surface area contributed by atoms with Crippen LogP contribution in [-0.4, -0.2) is 29.1 Å². The van der Waals surface area contributed by atoms with E-state index >= 15 is 0 Å². The number of rotatable bonds is 4. The highest BCUT2D eigenvalue weighted by atomic mass is 79.9. The van der Waals surface area contributed by atoms with Crippen LogP contribution in [0.3, 0.4) is 0 Å². The molecule has 3 nitrogen and oxygen atoms in total. The molecule has 20 heavy (non-hydrogen) atoms. The van der Waals surface area contributed by atoms with Gasteiger partial charge in [-0.1, -0.05) is 41.9 Å². The van der Waals surface area contributed by atoms with Crippen molar-refractivity contribution in [2.45, 2.75) is 33.7 Å². The van der Waals surface area contributed by atoms with Crippen molar-refractivity contribution in [1.29, 1.82) is 0 Å². The Balaban J connectivity index is 2.09. The molecule has 0 amide bonds. The van der Waals surface area contributed by atoms with Gasteiger partial charge in [0, 0.05) is 17.6 Å². The van der Waals surface area contributed by atoms with Crippen LogP contribution in [-0.2, 0) is 11.3 Å². The third kappa shape index (κ3) is 2.91. The van der Waals surface area contributed by atoms with E-state index < -0.39 is 11.4 Å². The van der Waals surface area contributed by atoms with E-state index in [1.165, 1.54) is 11.1 Å². The van der Waals surface area contributed by atoms with Crippen LogP contribution < -0.4 is 0 Å². The molecule has 1 aliphatic rings. The van der Waals surface area contributed by atoms with Crippen LogP contribution in [0.25, 0.3) is 0 Å². The lowest BCUT2D eigenvalue weighted by Crippen LogP contribution is -2.39. The molecule has 1 aromatic carbocycles. The summed E-state index contributed by atoms with van der Waals surface area (Å²) >= 11 is 3.55. The lowest BCUT2D eigenvalue weighted by molar-refractivity contribution is -0.151. The van der Waals surface area contributed by atoms with Gasteiger partial charge >= 0.3 is 5.97 Å². The minimum Gasteiger partial charge on any atom is -0.481 e. The Morgan fingerprint density at radius 1 is 1.50 bits per heavy atom. The molecule has 0 aromatic heterocycles. The molecule has 1 unspecified atom stereocenters. The van der Waals surface area contributed by atoms with E-state index in [-0.39, 0.29) is 5.92 Å². The molecule has 2 rings (SSSR count). The zero-order valence-corrected chi connectivity index (χ0v) is 13.9. The third-order valence-corrected chi connectivity index (χ3v) is 5.41. The van der Waals surface area contributed by atoms with Crippen molar-refractivity contribution in [2.75, 3.05) is 13.1 Å². The Morgan fingerprint density at radius 3 is 2.70 bits per heavy atom. The smallest absolute Gasteiger partial charge is 0.311 e. The Labute approximate surface area is 129 Å². The van der Waals surface area contributed by atoms with E-state index in [1.807, 2.05) is 13.8 Å². The van der Waals surface area contributed by atoms with Gasteiger partial charge in [0.15, 0.2) is 0 Å². The van der Waals surface area contributed by atoms with Crippen molar-refractivity contribution in [3.05, 3.63) is 33.8 Å². The standard InChI is InChI=1S/C16H22BrNO2/c1-11(2)16(15(19)20)6-7-18(10-16)9-13-5-4-12(3)14(17)8-13/h4-5,8,11H,6-7,9-10H2,1-3H3,(H,19,20). The second-order valence-electron chi connectivity index (χ2n) is 6.16. The molecule has 0 bridgehead atoms. The Bertz CT molecular complexity index is 515. The zero-order chi connectivity index (χ0) is 14.9. The number of nitrogens with zero attached hydrogens (tertiary/aromatic N) is 1. The fourth-order valence-corrected chi connectivity index (χ4v) is 3.36. The van der Waals surface area contributed by atoms with Gasteiger partial charge in [-0.2, -0.15) is 0 Å². The molecule has 1 heterocycles. The van der Waals surface area contributed by atoms with Crippen LogP contribution in [0.2, 0.25) is 0 Å². The van der Waals surface area contributed by atoms with Crippen molar-refractivity contribution in [3.8, 4) is 0 Å². The summed E-state index contributed by atoms with van der Waals surface area (Å²) in [6, 6.07) is 6.35. The topological polar surface area (TPSA) is 40.5 Å². The van der Waals surface area contributed by atoms with E-state index in [0.29, 0.717) is 6.54 Å². The molecule has 1 saturated heterocycles. The molecule has 1 N–H and O–H groups in total. The molecule has 0 radical (unpaired) electrons. The Hall–Kier alpha value is -0.870. The lowest BCUT2D eigenvalue weighted by atomic mass is 9.76. The number of halogens is 1. The summed E-state index contributed by atoms with van der Waals surface area (Å²) in [4.78, 5) is 13.9. The number of carbonyl (C=O) groups is 1. The van der Waals surface area contributed by atoms with Crippen LogP contribution in [0.1, 0.15) is 31.4 Å². The molecule has 1 atom stereocenters. The molecule has 4 heteroatoms. The first-order chi connectivity index (χ1) is 9.35. The lowest BCUT2D eigenvalue weighted by Gasteiger charge is -2.28. The highest BCUT2D eigenvalue weighted by Gasteiger charge is 2.46. The fraction of sp³-hybridized carbons (Fsp3) is 0.562. The van der Waals surface area contributed by atoms with Crippen LogP contribution in [0.4, 0.5) is 0 Å². The number of likely N-dealkylation sites (tertiary alicyclic amines) is 1. The Kier molecular flexibility index (Phi) is 4.55. The number of carboxylic acid groups (broad SMARTS) is 1. The summed E-state index contributed by atoms with van der Waals surface area (Å²) in [5.41, 5.74) is 1.87. The molecule has 0 spiro atoms. The van der Waals surface area contributed by atoms with Crippen LogP contribution in [0, 0.1) is 18.3 Å². The summed E-state index contributed by atoms with van der Waals surface area (Å²) in [5.74, 6) is -0.491. The molecule has 0 aliphatic carbocycles. The second-order valence-corrected chi connectivity index (χ2v) is 7.01. The van der Waals surface area contributed by atoms with Crippen molar-refractivity contribution >= 4 is 21.9 Å². The second kappa shape index (κ2) is 5.86. The van der Waals surface area contributed by atoms with E-state index in [9.17, 15) is 9.90 Å². The maximum absolute atomic E-state index is 11.6. The van der Waals surface area contributed by atoms with Gasteiger partial charge in [-0.3, -0.25) is 9.69 Å². The number of aryl methyl sites for hydroxylation is 1. The molecule has 1 aromatic rings. The maximum Gasteiger partial charge on any atom is 0.311 e. The summed E-state index contributed by atoms with van der Waals surface area (Å²) in [5, 5.41) is 9.56. The number of hydrogen-bond donors (Lipinski definition) is 1. The van der Waals surface area contributed by atoms with Crippen molar-refractivity contribution in [2.24, 2.45) is 11.3 Å². The molecular weight excluding hydrogens is 318 g/mol. The third-order valence-electron chi connectivity index (χ3n) is 4.55. The van der Waals surface area contributed by atoms with Gasteiger partial charge in [0.2, 0.25) is 0 Å². The largest absolute Gasteiger partial charge is 0.481 e. The molecular formula is C16H22BrNO2. The van der Waals surface area contributed by atoms with E-state index in [0.717, 1.165) is 24.0 Å². The predicted octanol–water partition coefficient (Wildman–Crippen LogP) is 3.69. The van der Waals surface area contributed by atoms with E-state index in [2.05, 4.69) is 46.0 Å². The number of carboxylic acids is 1. The number of benzene rings is 1. The normalized spacial score (nSPS) is 23.4. The first-order valence-corrected chi connectivity index (χ1v) is 7.85. The minimum absolute atomic E-state index is 0.162. The van der Waals surface area contributed by atoms with Gasteiger partial charge < -0.3 is 5.11 Å². The van der Waals surface area contributed by atoms with E-state index in [4.69, 9.17) is 0 Å². The summed E-state index contributed by atoms with van der Waals surface area (Å²) in [6.07, 6.45) is 0.743. The van der Waals surface area contributed by atoms with Gasteiger partial charge in [-0.05, 0) is 43.0 Å². The first-order valence-electron chi connectivity index (χ1n) is 7.06. The average Bonchev–Trinajstić information content (AvgIpc) is 2.79. The highest BCUT2D eigenvalue weighted by molar-refractivity contribution is 9.10. The highest BCUT2D eigenvalue weighted by Crippen LogP contribution is 2.38. The SMILES string of the molecule is Cc1ccc(CN2CCC(C(=O)O)(C(C)C)C2)cc1Br. The zero-order valence-electron chi connectivity index (χ0n) is 12.3. The van der Waals surface area contributed by atoms with Crippen molar-refractivity contribution in [3.63, 3.8) is 0 Å².